The Balaban J connectivity index is 0.00000243. The minimum Gasteiger partial charge on any atom is -0.393 e. The van der Waals surface area contributed by atoms with Crippen molar-refractivity contribution < 1.29 is 9.50 Å². The summed E-state index contributed by atoms with van der Waals surface area (Å²) in [6, 6.07) is 5.20. The molecule has 0 bridgehead atoms. The molecule has 144 valence electrons. The number of aromatic nitrogens is 1. The number of aliphatic imine (C=N–C) groups is 1. The zero-order valence-electron chi connectivity index (χ0n) is 15.1. The van der Waals surface area contributed by atoms with Crippen LogP contribution in [0.4, 0.5) is 4.39 Å². The van der Waals surface area contributed by atoms with Gasteiger partial charge in [-0.2, -0.15) is 0 Å². The molecule has 1 saturated carbocycles. The highest BCUT2D eigenvalue weighted by atomic mass is 127. The molecule has 1 aromatic carbocycles. The van der Waals surface area contributed by atoms with Crippen LogP contribution in [0.25, 0.3) is 10.9 Å². The highest BCUT2D eigenvalue weighted by Gasteiger charge is 2.19. The molecular formula is C19H28FIN4O. The Morgan fingerprint density at radius 2 is 2.08 bits per heavy atom. The van der Waals surface area contributed by atoms with Crippen LogP contribution in [0.1, 0.15) is 38.2 Å². The quantitative estimate of drug-likeness (QED) is 0.305. The van der Waals surface area contributed by atoms with Crippen molar-refractivity contribution in [3.05, 3.63) is 35.8 Å². The number of guanidine groups is 1. The van der Waals surface area contributed by atoms with Gasteiger partial charge in [-0.05, 0) is 62.8 Å². The fourth-order valence-electron chi connectivity index (χ4n) is 3.39. The van der Waals surface area contributed by atoms with E-state index in [4.69, 9.17) is 0 Å². The minimum absolute atomic E-state index is 0. The number of nitrogens with one attached hydrogen (secondary N) is 3. The van der Waals surface area contributed by atoms with E-state index in [9.17, 15) is 9.50 Å². The fraction of sp³-hybridized carbons (Fsp3) is 0.526. The van der Waals surface area contributed by atoms with Gasteiger partial charge in [0.25, 0.3) is 0 Å². The monoisotopic (exact) mass is 474 g/mol. The second kappa shape index (κ2) is 10.1. The molecule has 4 N–H and O–H groups in total. The summed E-state index contributed by atoms with van der Waals surface area (Å²) in [4.78, 5) is 7.79. The maximum atomic E-state index is 13.3. The van der Waals surface area contributed by atoms with Crippen LogP contribution in [0.5, 0.6) is 0 Å². The first-order valence-corrected chi connectivity index (χ1v) is 9.14. The lowest BCUT2D eigenvalue weighted by Crippen LogP contribution is -2.45. The number of fused-ring (bicyclic) bond motifs is 1. The number of nitrogens with zero attached hydrogens (tertiary/aromatic N) is 1. The number of benzene rings is 1. The predicted octanol–water partition coefficient (Wildman–Crippen LogP) is 3.33. The van der Waals surface area contributed by atoms with Gasteiger partial charge in [-0.3, -0.25) is 4.99 Å². The van der Waals surface area contributed by atoms with Gasteiger partial charge in [0.05, 0.1) is 6.10 Å². The van der Waals surface area contributed by atoms with E-state index in [1.54, 1.807) is 0 Å². The fourth-order valence-corrected chi connectivity index (χ4v) is 3.39. The third kappa shape index (κ3) is 5.57. The summed E-state index contributed by atoms with van der Waals surface area (Å²) in [5.41, 5.74) is 1.97. The van der Waals surface area contributed by atoms with E-state index >= 15 is 0 Å². The van der Waals surface area contributed by atoms with E-state index in [0.717, 1.165) is 61.1 Å². The van der Waals surface area contributed by atoms with Gasteiger partial charge in [0.1, 0.15) is 5.82 Å². The van der Waals surface area contributed by atoms with E-state index in [0.29, 0.717) is 12.6 Å². The molecule has 0 radical (unpaired) electrons. The number of rotatable bonds is 5. The van der Waals surface area contributed by atoms with Crippen LogP contribution in [-0.2, 0) is 6.42 Å². The van der Waals surface area contributed by atoms with Gasteiger partial charge in [-0.1, -0.05) is 0 Å². The van der Waals surface area contributed by atoms with Gasteiger partial charge in [0, 0.05) is 36.2 Å². The lowest BCUT2D eigenvalue weighted by Gasteiger charge is -2.27. The number of hydrogen-bond acceptors (Lipinski definition) is 2. The Morgan fingerprint density at radius 3 is 2.81 bits per heavy atom. The number of hydrogen-bond donors (Lipinski definition) is 4. The molecule has 0 aliphatic heterocycles. The molecule has 0 amide bonds. The van der Waals surface area contributed by atoms with Crippen LogP contribution < -0.4 is 10.6 Å². The van der Waals surface area contributed by atoms with Crippen molar-refractivity contribution in [3.63, 3.8) is 0 Å². The normalized spacial score (nSPS) is 20.7. The molecule has 7 heteroatoms. The summed E-state index contributed by atoms with van der Waals surface area (Å²) in [5, 5.41) is 17.4. The largest absolute Gasteiger partial charge is 0.393 e. The topological polar surface area (TPSA) is 72.4 Å². The molecule has 1 aliphatic carbocycles. The summed E-state index contributed by atoms with van der Waals surface area (Å²) in [6.45, 7) is 3.53. The Labute approximate surface area is 170 Å². The SMILES string of the molecule is CCNC(=NCCc1c[nH]c2cc(F)ccc12)NC1CCC(O)CC1.I. The molecule has 5 nitrogen and oxygen atoms in total. The molecule has 0 spiro atoms. The smallest absolute Gasteiger partial charge is 0.191 e. The Hall–Kier alpha value is -1.35. The molecule has 3 rings (SSSR count). The Kier molecular flexibility index (Phi) is 8.15. The van der Waals surface area contributed by atoms with Crippen LogP contribution in [0.15, 0.2) is 29.4 Å². The van der Waals surface area contributed by atoms with E-state index in [-0.39, 0.29) is 35.9 Å². The molecule has 2 aromatic rings. The lowest BCUT2D eigenvalue weighted by atomic mass is 9.93. The van der Waals surface area contributed by atoms with Gasteiger partial charge in [0.15, 0.2) is 5.96 Å². The van der Waals surface area contributed by atoms with Gasteiger partial charge in [-0.25, -0.2) is 4.39 Å². The third-order valence-corrected chi connectivity index (χ3v) is 4.76. The maximum absolute atomic E-state index is 13.3. The number of halogens is 2. The zero-order chi connectivity index (χ0) is 17.6. The van der Waals surface area contributed by atoms with Crippen molar-refractivity contribution in [2.75, 3.05) is 13.1 Å². The van der Waals surface area contributed by atoms with Crippen LogP contribution in [0.3, 0.4) is 0 Å². The van der Waals surface area contributed by atoms with Crippen molar-refractivity contribution in [2.45, 2.75) is 51.2 Å². The minimum atomic E-state index is -0.227. The number of aromatic amines is 1. The second-order valence-electron chi connectivity index (χ2n) is 6.66. The molecule has 1 aliphatic rings. The summed E-state index contributed by atoms with van der Waals surface area (Å²) in [5.74, 6) is 0.602. The third-order valence-electron chi connectivity index (χ3n) is 4.76. The van der Waals surface area contributed by atoms with E-state index < -0.39 is 0 Å². The summed E-state index contributed by atoms with van der Waals surface area (Å²) in [7, 11) is 0. The molecular weight excluding hydrogens is 446 g/mol. The maximum Gasteiger partial charge on any atom is 0.191 e. The van der Waals surface area contributed by atoms with Crippen LogP contribution in [0, 0.1) is 5.82 Å². The molecule has 26 heavy (non-hydrogen) atoms. The van der Waals surface area contributed by atoms with Crippen LogP contribution in [0.2, 0.25) is 0 Å². The van der Waals surface area contributed by atoms with Crippen molar-refractivity contribution in [3.8, 4) is 0 Å². The molecule has 0 atom stereocenters. The van der Waals surface area contributed by atoms with Crippen molar-refractivity contribution in [2.24, 2.45) is 4.99 Å². The van der Waals surface area contributed by atoms with Crippen LogP contribution >= 0.6 is 24.0 Å². The lowest BCUT2D eigenvalue weighted by molar-refractivity contribution is 0.120. The highest BCUT2D eigenvalue weighted by Crippen LogP contribution is 2.20. The second-order valence-corrected chi connectivity index (χ2v) is 6.66. The van der Waals surface area contributed by atoms with Gasteiger partial charge in [-0.15, -0.1) is 24.0 Å². The van der Waals surface area contributed by atoms with Crippen LogP contribution in [-0.4, -0.2) is 41.3 Å². The average molecular weight is 474 g/mol. The van der Waals surface area contributed by atoms with Crippen molar-refractivity contribution in [1.29, 1.82) is 0 Å². The molecule has 0 saturated heterocycles. The first-order valence-electron chi connectivity index (χ1n) is 9.14. The Bertz CT molecular complexity index is 725. The number of aliphatic hydroxyl groups is 1. The van der Waals surface area contributed by atoms with Gasteiger partial charge >= 0.3 is 0 Å². The first-order chi connectivity index (χ1) is 12.2. The average Bonchev–Trinajstić information content (AvgIpc) is 2.99. The standard InChI is InChI=1S/C19H27FN4O.HI/c1-2-21-19(24-15-4-6-16(25)7-5-15)22-10-9-13-12-23-18-11-14(20)3-8-17(13)18;/h3,8,11-12,15-16,23,25H,2,4-7,9-10H2,1H3,(H2,21,22,24);1H. The summed E-state index contributed by atoms with van der Waals surface area (Å²) >= 11 is 0. The number of H-pyrrole nitrogens is 1. The van der Waals surface area contributed by atoms with E-state index in [1.165, 1.54) is 12.1 Å². The Morgan fingerprint density at radius 1 is 1.31 bits per heavy atom. The predicted molar refractivity (Wildman–Crippen MR) is 115 cm³/mol. The zero-order valence-corrected chi connectivity index (χ0v) is 17.4. The van der Waals surface area contributed by atoms with E-state index in [1.807, 2.05) is 12.3 Å². The molecule has 0 unspecified atom stereocenters. The van der Waals surface area contributed by atoms with Gasteiger partial charge in [0.2, 0.25) is 0 Å². The van der Waals surface area contributed by atoms with Gasteiger partial charge < -0.3 is 20.7 Å². The number of aliphatic hydroxyl groups excluding tert-OH is 1. The van der Waals surface area contributed by atoms with Crippen molar-refractivity contribution >= 4 is 40.8 Å². The molecule has 1 fully saturated rings. The van der Waals surface area contributed by atoms with E-state index in [2.05, 4.69) is 27.5 Å². The molecule has 1 aromatic heterocycles. The molecule has 1 heterocycles. The highest BCUT2D eigenvalue weighted by molar-refractivity contribution is 14.0. The van der Waals surface area contributed by atoms with Crippen molar-refractivity contribution in [1.82, 2.24) is 15.6 Å². The summed E-state index contributed by atoms with van der Waals surface area (Å²) in [6.07, 6.45) is 6.23. The first kappa shape index (κ1) is 21.0. The summed E-state index contributed by atoms with van der Waals surface area (Å²) < 4.78 is 13.3.